The molecule has 1 aliphatic rings. The number of nitrogens with one attached hydrogen (secondary N) is 1. The van der Waals surface area contributed by atoms with Crippen LogP contribution in [0.4, 0.5) is 0 Å². The number of aromatic nitrogens is 2. The molecule has 4 nitrogen and oxygen atoms in total. The maximum Gasteiger partial charge on any atom is 0.110 e. The van der Waals surface area contributed by atoms with Crippen molar-refractivity contribution in [1.29, 1.82) is 0 Å². The van der Waals surface area contributed by atoms with E-state index in [4.69, 9.17) is 4.74 Å². The third kappa shape index (κ3) is 3.86. The molecule has 1 fully saturated rings. The maximum atomic E-state index is 6.01. The van der Waals surface area contributed by atoms with Gasteiger partial charge in [-0.1, -0.05) is 26.7 Å². The van der Waals surface area contributed by atoms with Gasteiger partial charge in [-0.05, 0) is 32.2 Å². The highest BCUT2D eigenvalue weighted by molar-refractivity contribution is 5.04. The Kier molecular flexibility index (Phi) is 6.24. The number of hydrogen-bond donors (Lipinski definition) is 1. The van der Waals surface area contributed by atoms with Gasteiger partial charge in [-0.3, -0.25) is 0 Å². The summed E-state index contributed by atoms with van der Waals surface area (Å²) in [7, 11) is 1.88. The Morgan fingerprint density at radius 3 is 2.71 bits per heavy atom. The normalized spacial score (nSPS) is 19.0. The van der Waals surface area contributed by atoms with Crippen molar-refractivity contribution in [3.63, 3.8) is 0 Å². The quantitative estimate of drug-likeness (QED) is 0.760. The molecule has 1 unspecified atom stereocenters. The standard InChI is InChI=1S/C17H31N3O/c1-4-10-18-15(17(21-3)8-6-7-9-17)14-16-19-11-13-20(16)12-5-2/h11,13,15,18H,4-10,12,14H2,1-3H3. The molecule has 0 bridgehead atoms. The number of ether oxygens (including phenoxy) is 1. The lowest BCUT2D eigenvalue weighted by molar-refractivity contribution is -0.0361. The first-order chi connectivity index (χ1) is 10.3. The van der Waals surface area contributed by atoms with E-state index in [1.807, 2.05) is 13.3 Å². The highest BCUT2D eigenvalue weighted by atomic mass is 16.5. The van der Waals surface area contributed by atoms with Gasteiger partial charge in [-0.2, -0.15) is 0 Å². The van der Waals surface area contributed by atoms with Gasteiger partial charge in [0, 0.05) is 38.5 Å². The third-order valence-corrected chi connectivity index (χ3v) is 4.79. The lowest BCUT2D eigenvalue weighted by atomic mass is 9.89. The van der Waals surface area contributed by atoms with Gasteiger partial charge in [0.1, 0.15) is 5.82 Å². The highest BCUT2D eigenvalue weighted by Crippen LogP contribution is 2.36. The Labute approximate surface area is 129 Å². The molecule has 1 aliphatic carbocycles. The van der Waals surface area contributed by atoms with Crippen molar-refractivity contribution >= 4 is 0 Å². The van der Waals surface area contributed by atoms with Crippen LogP contribution < -0.4 is 5.32 Å². The molecule has 1 aromatic rings. The molecule has 0 amide bonds. The fourth-order valence-corrected chi connectivity index (χ4v) is 3.59. The second-order valence-electron chi connectivity index (χ2n) is 6.22. The Morgan fingerprint density at radius 2 is 2.10 bits per heavy atom. The van der Waals surface area contributed by atoms with Crippen molar-refractivity contribution in [2.45, 2.75) is 77.0 Å². The SMILES string of the molecule is CCCNC(Cc1nccn1CCC)C1(OC)CCCC1. The van der Waals surface area contributed by atoms with Crippen LogP contribution in [0.3, 0.4) is 0 Å². The van der Waals surface area contributed by atoms with Crippen molar-refractivity contribution in [2.24, 2.45) is 0 Å². The predicted molar refractivity (Wildman–Crippen MR) is 86.5 cm³/mol. The van der Waals surface area contributed by atoms with E-state index in [1.165, 1.54) is 31.5 Å². The van der Waals surface area contributed by atoms with E-state index in [9.17, 15) is 0 Å². The minimum Gasteiger partial charge on any atom is -0.377 e. The van der Waals surface area contributed by atoms with Gasteiger partial charge in [0.2, 0.25) is 0 Å². The minimum atomic E-state index is -0.00182. The fourth-order valence-electron chi connectivity index (χ4n) is 3.59. The van der Waals surface area contributed by atoms with Crippen LogP contribution in [0.2, 0.25) is 0 Å². The highest BCUT2D eigenvalue weighted by Gasteiger charge is 2.41. The first-order valence-corrected chi connectivity index (χ1v) is 8.54. The molecule has 0 saturated heterocycles. The summed E-state index contributed by atoms with van der Waals surface area (Å²) >= 11 is 0. The Bertz CT molecular complexity index is 410. The van der Waals surface area contributed by atoms with Gasteiger partial charge < -0.3 is 14.6 Å². The average molecular weight is 293 g/mol. The summed E-state index contributed by atoms with van der Waals surface area (Å²) in [5.74, 6) is 1.19. The van der Waals surface area contributed by atoms with Gasteiger partial charge in [-0.15, -0.1) is 0 Å². The second kappa shape index (κ2) is 7.95. The van der Waals surface area contributed by atoms with Crippen molar-refractivity contribution in [2.75, 3.05) is 13.7 Å². The number of aryl methyl sites for hydroxylation is 1. The first-order valence-electron chi connectivity index (χ1n) is 8.54. The van der Waals surface area contributed by atoms with Crippen LogP contribution in [0.25, 0.3) is 0 Å². The van der Waals surface area contributed by atoms with Gasteiger partial charge >= 0.3 is 0 Å². The number of imidazole rings is 1. The van der Waals surface area contributed by atoms with Crippen LogP contribution in [-0.2, 0) is 17.7 Å². The maximum absolute atomic E-state index is 6.01. The Balaban J connectivity index is 2.13. The van der Waals surface area contributed by atoms with Gasteiger partial charge in [-0.25, -0.2) is 4.98 Å². The fraction of sp³-hybridized carbons (Fsp3) is 0.824. The number of nitrogens with zero attached hydrogens (tertiary/aromatic N) is 2. The zero-order chi connectivity index (χ0) is 15.1. The predicted octanol–water partition coefficient (Wildman–Crippen LogP) is 3.16. The second-order valence-corrected chi connectivity index (χ2v) is 6.22. The molecule has 1 N–H and O–H groups in total. The first kappa shape index (κ1) is 16.5. The topological polar surface area (TPSA) is 39.1 Å². The van der Waals surface area contributed by atoms with Crippen molar-refractivity contribution in [1.82, 2.24) is 14.9 Å². The smallest absolute Gasteiger partial charge is 0.110 e. The van der Waals surface area contributed by atoms with Crippen LogP contribution in [0, 0.1) is 0 Å². The average Bonchev–Trinajstić information content (AvgIpc) is 3.14. The summed E-state index contributed by atoms with van der Waals surface area (Å²) in [6.07, 6.45) is 12.2. The molecule has 1 aromatic heterocycles. The summed E-state index contributed by atoms with van der Waals surface area (Å²) in [5.41, 5.74) is -0.00182. The summed E-state index contributed by atoms with van der Waals surface area (Å²) in [6.45, 7) is 6.53. The lowest BCUT2D eigenvalue weighted by Crippen LogP contribution is -2.52. The van der Waals surface area contributed by atoms with Gasteiger partial charge in [0.05, 0.1) is 5.60 Å². The number of hydrogen-bond acceptors (Lipinski definition) is 3. The van der Waals surface area contributed by atoms with E-state index in [0.29, 0.717) is 6.04 Å². The molecule has 1 atom stereocenters. The van der Waals surface area contributed by atoms with Crippen LogP contribution in [-0.4, -0.2) is 34.8 Å². The molecule has 0 aliphatic heterocycles. The molecule has 0 aromatic carbocycles. The molecule has 0 spiro atoms. The van der Waals surface area contributed by atoms with Crippen molar-refractivity contribution in [3.8, 4) is 0 Å². The van der Waals surface area contributed by atoms with Crippen LogP contribution in [0.1, 0.15) is 58.2 Å². The zero-order valence-corrected chi connectivity index (χ0v) is 13.9. The Hall–Kier alpha value is -0.870. The zero-order valence-electron chi connectivity index (χ0n) is 13.9. The Morgan fingerprint density at radius 1 is 1.33 bits per heavy atom. The third-order valence-electron chi connectivity index (χ3n) is 4.79. The van der Waals surface area contributed by atoms with E-state index in [2.05, 4.69) is 34.9 Å². The molecule has 4 heteroatoms. The van der Waals surface area contributed by atoms with E-state index < -0.39 is 0 Å². The molecule has 2 rings (SSSR count). The monoisotopic (exact) mass is 293 g/mol. The molecule has 120 valence electrons. The van der Waals surface area contributed by atoms with Crippen LogP contribution in [0.5, 0.6) is 0 Å². The van der Waals surface area contributed by atoms with E-state index >= 15 is 0 Å². The molecule has 1 saturated carbocycles. The summed E-state index contributed by atoms with van der Waals surface area (Å²) in [5, 5.41) is 3.73. The van der Waals surface area contributed by atoms with Crippen LogP contribution in [0.15, 0.2) is 12.4 Å². The molecular weight excluding hydrogens is 262 g/mol. The summed E-state index contributed by atoms with van der Waals surface area (Å²) in [6, 6.07) is 0.364. The minimum absolute atomic E-state index is 0.00182. The lowest BCUT2D eigenvalue weighted by Gasteiger charge is -2.37. The van der Waals surface area contributed by atoms with Crippen molar-refractivity contribution in [3.05, 3.63) is 18.2 Å². The molecular formula is C17H31N3O. The van der Waals surface area contributed by atoms with Crippen LogP contribution >= 0.6 is 0 Å². The van der Waals surface area contributed by atoms with E-state index in [0.717, 1.165) is 32.4 Å². The van der Waals surface area contributed by atoms with Crippen molar-refractivity contribution < 1.29 is 4.74 Å². The molecule has 21 heavy (non-hydrogen) atoms. The number of rotatable bonds is 9. The van der Waals surface area contributed by atoms with E-state index in [1.54, 1.807) is 0 Å². The van der Waals surface area contributed by atoms with E-state index in [-0.39, 0.29) is 5.60 Å². The number of methoxy groups -OCH3 is 1. The summed E-state index contributed by atoms with van der Waals surface area (Å²) in [4.78, 5) is 4.59. The van der Waals surface area contributed by atoms with Gasteiger partial charge in [0.25, 0.3) is 0 Å². The largest absolute Gasteiger partial charge is 0.377 e. The molecule has 0 radical (unpaired) electrons. The summed E-state index contributed by atoms with van der Waals surface area (Å²) < 4.78 is 8.30. The molecule has 1 heterocycles. The van der Waals surface area contributed by atoms with Gasteiger partial charge in [0.15, 0.2) is 0 Å².